The van der Waals surface area contributed by atoms with Crippen molar-refractivity contribution in [3.8, 4) is 0 Å². The van der Waals surface area contributed by atoms with E-state index in [0.29, 0.717) is 0 Å². The van der Waals surface area contributed by atoms with Crippen LogP contribution in [0.1, 0.15) is 11.4 Å². The number of nitrogens with zero attached hydrogens (tertiary/aromatic N) is 2. The summed E-state index contributed by atoms with van der Waals surface area (Å²) in [7, 11) is 1.86. The number of aromatic nitrogens is 2. The third-order valence-corrected chi connectivity index (χ3v) is 3.79. The van der Waals surface area contributed by atoms with Gasteiger partial charge in [0.05, 0.1) is 22.8 Å². The van der Waals surface area contributed by atoms with Gasteiger partial charge in [-0.15, -0.1) is 0 Å². The molecule has 5 nitrogen and oxygen atoms in total. The van der Waals surface area contributed by atoms with Gasteiger partial charge in [0.2, 0.25) is 0 Å². The molecule has 2 amide bonds. The second-order valence-electron chi connectivity index (χ2n) is 5.28. The number of hydrogen-bond acceptors (Lipinski definition) is 2. The number of anilines is 2. The summed E-state index contributed by atoms with van der Waals surface area (Å²) in [6, 6.07) is 13.5. The molecule has 2 N–H and O–H groups in total. The lowest BCUT2D eigenvalue weighted by Gasteiger charge is -2.10. The van der Waals surface area contributed by atoms with Gasteiger partial charge in [0.15, 0.2) is 0 Å². The van der Waals surface area contributed by atoms with Crippen LogP contribution in [0.3, 0.4) is 0 Å². The van der Waals surface area contributed by atoms with Gasteiger partial charge in [-0.25, -0.2) is 4.79 Å². The second kappa shape index (κ2) is 5.52. The molecule has 1 aromatic heterocycles. The zero-order valence-electron chi connectivity index (χ0n) is 12.8. The number of carbonyl (C=O) groups is 1. The maximum atomic E-state index is 12.3. The number of amides is 2. The average Bonchev–Trinajstić information content (AvgIpc) is 2.74. The van der Waals surface area contributed by atoms with Gasteiger partial charge in [-0.1, -0.05) is 36.4 Å². The van der Waals surface area contributed by atoms with Crippen LogP contribution in [0.4, 0.5) is 16.2 Å². The van der Waals surface area contributed by atoms with E-state index in [-0.39, 0.29) is 6.03 Å². The van der Waals surface area contributed by atoms with E-state index in [1.54, 1.807) is 4.68 Å². The highest BCUT2D eigenvalue weighted by Gasteiger charge is 2.13. The molecule has 0 spiro atoms. The number of aryl methyl sites for hydroxylation is 2. The number of fused-ring (bicyclic) bond motifs is 1. The molecule has 0 aliphatic heterocycles. The first-order valence-corrected chi connectivity index (χ1v) is 7.12. The molecule has 3 aromatic rings. The van der Waals surface area contributed by atoms with Crippen LogP contribution in [0.2, 0.25) is 0 Å². The van der Waals surface area contributed by atoms with Crippen molar-refractivity contribution in [1.29, 1.82) is 0 Å². The van der Waals surface area contributed by atoms with E-state index < -0.39 is 0 Å². The summed E-state index contributed by atoms with van der Waals surface area (Å²) in [4.78, 5) is 12.3. The van der Waals surface area contributed by atoms with Crippen molar-refractivity contribution in [2.24, 2.45) is 7.05 Å². The quantitative estimate of drug-likeness (QED) is 0.754. The first-order chi connectivity index (χ1) is 10.6. The summed E-state index contributed by atoms with van der Waals surface area (Å²) in [5.74, 6) is 0. The molecule has 0 aliphatic carbocycles. The molecule has 5 heteroatoms. The fraction of sp³-hybridized carbons (Fsp3) is 0.176. The smallest absolute Gasteiger partial charge is 0.307 e. The Morgan fingerprint density at radius 2 is 1.77 bits per heavy atom. The minimum absolute atomic E-state index is 0.268. The van der Waals surface area contributed by atoms with Gasteiger partial charge in [-0.2, -0.15) is 5.10 Å². The van der Waals surface area contributed by atoms with Crippen LogP contribution < -0.4 is 10.6 Å². The number of rotatable bonds is 2. The van der Waals surface area contributed by atoms with Crippen molar-refractivity contribution in [2.45, 2.75) is 13.8 Å². The highest BCUT2D eigenvalue weighted by atomic mass is 16.2. The molecule has 2 aromatic carbocycles. The van der Waals surface area contributed by atoms with Crippen LogP contribution in [0.25, 0.3) is 10.8 Å². The SMILES string of the molecule is Cc1nn(C)c(C)c1NC(=O)Nc1cccc2ccccc12. The van der Waals surface area contributed by atoms with E-state index in [0.717, 1.165) is 33.5 Å². The minimum atomic E-state index is -0.268. The molecule has 0 fully saturated rings. The van der Waals surface area contributed by atoms with E-state index in [1.807, 2.05) is 63.4 Å². The molecule has 0 saturated carbocycles. The van der Waals surface area contributed by atoms with Gasteiger partial charge < -0.3 is 10.6 Å². The standard InChI is InChI=1S/C17H18N4O/c1-11-16(12(2)21(3)20-11)19-17(22)18-15-10-6-8-13-7-4-5-9-14(13)15/h4-10H,1-3H3,(H2,18,19,22). The van der Waals surface area contributed by atoms with Crippen LogP contribution in [-0.2, 0) is 7.05 Å². The fourth-order valence-corrected chi connectivity index (χ4v) is 2.56. The molecular weight excluding hydrogens is 276 g/mol. The van der Waals surface area contributed by atoms with Crippen LogP contribution in [0.15, 0.2) is 42.5 Å². The van der Waals surface area contributed by atoms with Crippen LogP contribution in [0, 0.1) is 13.8 Å². The Kier molecular flexibility index (Phi) is 3.55. The third kappa shape index (κ3) is 2.53. The lowest BCUT2D eigenvalue weighted by atomic mass is 10.1. The topological polar surface area (TPSA) is 59.0 Å². The van der Waals surface area contributed by atoms with Crippen molar-refractivity contribution >= 4 is 28.2 Å². The van der Waals surface area contributed by atoms with Crippen LogP contribution in [0.5, 0.6) is 0 Å². The molecule has 0 aliphatic rings. The Labute approximate surface area is 128 Å². The highest BCUT2D eigenvalue weighted by molar-refractivity contribution is 6.06. The van der Waals surface area contributed by atoms with Gasteiger partial charge in [-0.05, 0) is 25.3 Å². The first kappa shape index (κ1) is 14.1. The third-order valence-electron chi connectivity index (χ3n) is 3.79. The summed E-state index contributed by atoms with van der Waals surface area (Å²) in [5, 5.41) is 12.2. The van der Waals surface area contributed by atoms with Gasteiger partial charge in [0.1, 0.15) is 0 Å². The number of hydrogen-bond donors (Lipinski definition) is 2. The molecule has 22 heavy (non-hydrogen) atoms. The van der Waals surface area contributed by atoms with Crippen molar-refractivity contribution < 1.29 is 4.79 Å². The summed E-state index contributed by atoms with van der Waals surface area (Å²) < 4.78 is 1.75. The molecule has 3 rings (SSSR count). The minimum Gasteiger partial charge on any atom is -0.307 e. The lowest BCUT2D eigenvalue weighted by molar-refractivity contribution is 0.262. The summed E-state index contributed by atoms with van der Waals surface area (Å²) >= 11 is 0. The van der Waals surface area contributed by atoms with Crippen molar-refractivity contribution in [2.75, 3.05) is 10.6 Å². The van der Waals surface area contributed by atoms with E-state index in [2.05, 4.69) is 15.7 Å². The molecular formula is C17H18N4O. The Bertz CT molecular complexity index is 846. The molecule has 0 bridgehead atoms. The largest absolute Gasteiger partial charge is 0.323 e. The molecule has 0 saturated heterocycles. The van der Waals surface area contributed by atoms with Crippen molar-refractivity contribution in [3.05, 3.63) is 53.9 Å². The van der Waals surface area contributed by atoms with Gasteiger partial charge in [0, 0.05) is 12.4 Å². The zero-order chi connectivity index (χ0) is 15.7. The fourth-order valence-electron chi connectivity index (χ4n) is 2.56. The van der Waals surface area contributed by atoms with Crippen molar-refractivity contribution in [1.82, 2.24) is 9.78 Å². The molecule has 0 atom stereocenters. The number of carbonyl (C=O) groups excluding carboxylic acids is 1. The van der Waals surface area contributed by atoms with Crippen molar-refractivity contribution in [3.63, 3.8) is 0 Å². The predicted molar refractivity (Wildman–Crippen MR) is 89.3 cm³/mol. The van der Waals surface area contributed by atoms with E-state index in [4.69, 9.17) is 0 Å². The maximum Gasteiger partial charge on any atom is 0.323 e. The summed E-state index contributed by atoms with van der Waals surface area (Å²) in [6.07, 6.45) is 0. The summed E-state index contributed by atoms with van der Waals surface area (Å²) in [5.41, 5.74) is 3.26. The van der Waals surface area contributed by atoms with E-state index in [1.165, 1.54) is 0 Å². The van der Waals surface area contributed by atoms with Crippen LogP contribution >= 0.6 is 0 Å². The Hall–Kier alpha value is -2.82. The monoisotopic (exact) mass is 294 g/mol. The molecule has 0 radical (unpaired) electrons. The Balaban J connectivity index is 1.85. The summed E-state index contributed by atoms with van der Waals surface area (Å²) in [6.45, 7) is 3.80. The van der Waals surface area contributed by atoms with E-state index >= 15 is 0 Å². The number of nitrogens with one attached hydrogen (secondary N) is 2. The lowest BCUT2D eigenvalue weighted by Crippen LogP contribution is -2.20. The maximum absolute atomic E-state index is 12.3. The number of urea groups is 1. The van der Waals surface area contributed by atoms with Gasteiger partial charge >= 0.3 is 6.03 Å². The zero-order valence-corrected chi connectivity index (χ0v) is 12.8. The second-order valence-corrected chi connectivity index (χ2v) is 5.28. The van der Waals surface area contributed by atoms with Gasteiger partial charge in [0.25, 0.3) is 0 Å². The molecule has 1 heterocycles. The van der Waals surface area contributed by atoms with Crippen LogP contribution in [-0.4, -0.2) is 15.8 Å². The van der Waals surface area contributed by atoms with Gasteiger partial charge in [-0.3, -0.25) is 4.68 Å². The molecule has 112 valence electrons. The first-order valence-electron chi connectivity index (χ1n) is 7.12. The predicted octanol–water partition coefficient (Wildman–Crippen LogP) is 3.83. The number of benzene rings is 2. The Morgan fingerprint density at radius 1 is 1.05 bits per heavy atom. The average molecular weight is 294 g/mol. The van der Waals surface area contributed by atoms with E-state index in [9.17, 15) is 4.79 Å². The highest BCUT2D eigenvalue weighted by Crippen LogP contribution is 2.24. The Morgan fingerprint density at radius 3 is 2.50 bits per heavy atom. The molecule has 0 unspecified atom stereocenters. The normalized spacial score (nSPS) is 10.7.